The van der Waals surface area contributed by atoms with Crippen LogP contribution >= 0.6 is 23.2 Å². The van der Waals surface area contributed by atoms with E-state index in [-0.39, 0.29) is 18.8 Å². The molecule has 0 amide bonds. The van der Waals surface area contributed by atoms with Gasteiger partial charge in [-0.3, -0.25) is 0 Å². The number of nitrogens with two attached hydrogens (primary N) is 1. The Balaban J connectivity index is 1.68. The summed E-state index contributed by atoms with van der Waals surface area (Å²) in [4.78, 5) is 5.79. The van der Waals surface area contributed by atoms with Crippen LogP contribution in [0.15, 0.2) is 42.4 Å². The number of aromatic nitrogens is 3. The van der Waals surface area contributed by atoms with Crippen LogP contribution in [0.5, 0.6) is 0 Å². The molecule has 2 aromatic rings. The van der Waals surface area contributed by atoms with Gasteiger partial charge in [-0.2, -0.15) is 0 Å². The van der Waals surface area contributed by atoms with E-state index in [1.165, 1.54) is 6.33 Å². The molecule has 0 bridgehead atoms. The highest BCUT2D eigenvalue weighted by Crippen LogP contribution is 2.53. The van der Waals surface area contributed by atoms with E-state index >= 15 is 0 Å². The van der Waals surface area contributed by atoms with Crippen molar-refractivity contribution in [2.45, 2.75) is 48.1 Å². The maximum Gasteiger partial charge on any atom is 0.164 e. The van der Waals surface area contributed by atoms with Gasteiger partial charge < -0.3 is 29.6 Å². The zero-order valence-corrected chi connectivity index (χ0v) is 18.6. The maximum absolute atomic E-state index is 10.8. The Hall–Kier alpha value is -1.68. The fraction of sp³-hybridized carbons (Fsp3) is 0.524. The van der Waals surface area contributed by atoms with Gasteiger partial charge in [-0.15, -0.1) is 11.6 Å². The van der Waals surface area contributed by atoms with E-state index in [1.54, 1.807) is 35.1 Å². The molecule has 8 nitrogen and oxygen atoms in total. The van der Waals surface area contributed by atoms with Crippen molar-refractivity contribution in [3.05, 3.63) is 42.4 Å². The summed E-state index contributed by atoms with van der Waals surface area (Å²) in [5.41, 5.74) is 7.24. The topological polar surface area (TPSA) is 105 Å². The number of nitrogen functional groups attached to an aromatic ring is 1. The summed E-state index contributed by atoms with van der Waals surface area (Å²) in [6.45, 7) is 4.40. The molecule has 2 aromatic heterocycles. The summed E-state index contributed by atoms with van der Waals surface area (Å²) in [6.07, 6.45) is 6.56. The number of hydrogen-bond donors (Lipinski definition) is 2. The molecule has 2 fully saturated rings. The monoisotopic (exact) mass is 466 g/mol. The van der Waals surface area contributed by atoms with Gasteiger partial charge in [0.25, 0.3) is 0 Å². The van der Waals surface area contributed by atoms with Crippen LogP contribution in [0.3, 0.4) is 0 Å². The average molecular weight is 467 g/mol. The van der Waals surface area contributed by atoms with Crippen molar-refractivity contribution in [3.8, 4) is 0 Å². The second-order valence-electron chi connectivity index (χ2n) is 8.50. The smallest absolute Gasteiger partial charge is 0.164 e. The van der Waals surface area contributed by atoms with Crippen LogP contribution in [0.25, 0.3) is 11.0 Å². The molecule has 10 heteroatoms. The van der Waals surface area contributed by atoms with Gasteiger partial charge in [0.1, 0.15) is 47.8 Å². The number of nitrogens with zero attached hydrogens (tertiary/aromatic N) is 3. The van der Waals surface area contributed by atoms with E-state index in [4.69, 9.17) is 43.1 Å². The average Bonchev–Trinajstić information content (AvgIpc) is 3.45. The predicted molar refractivity (Wildman–Crippen MR) is 117 cm³/mol. The van der Waals surface area contributed by atoms with Gasteiger partial charge >= 0.3 is 0 Å². The van der Waals surface area contributed by atoms with Crippen LogP contribution in [-0.2, 0) is 19.2 Å². The Morgan fingerprint density at radius 3 is 2.84 bits per heavy atom. The number of fused-ring (bicyclic) bond motifs is 2. The fourth-order valence-electron chi connectivity index (χ4n) is 4.56. The van der Waals surface area contributed by atoms with E-state index in [9.17, 15) is 5.11 Å². The SMILES string of the molecule is CC(C)C(O)C1=CC(Cl)([C@H]2OC[C@H]3OCO[C@H]32)[C@@](Cl)(n2ccc3c(N)ncnc32)C=C1. The van der Waals surface area contributed by atoms with Gasteiger partial charge in [-0.25, -0.2) is 9.97 Å². The third-order valence-electron chi connectivity index (χ3n) is 6.31. The molecular formula is C21H24Cl2N4O4. The van der Waals surface area contributed by atoms with Gasteiger partial charge in [0, 0.05) is 6.20 Å². The first-order chi connectivity index (χ1) is 14.8. The molecule has 2 aliphatic heterocycles. The third-order valence-corrected chi connectivity index (χ3v) is 7.64. The Morgan fingerprint density at radius 2 is 2.06 bits per heavy atom. The number of halogens is 2. The number of aliphatic hydroxyl groups excluding tert-OH is 1. The minimum Gasteiger partial charge on any atom is -0.388 e. The lowest BCUT2D eigenvalue weighted by Crippen LogP contribution is -2.58. The van der Waals surface area contributed by atoms with E-state index < -0.39 is 28.2 Å². The summed E-state index contributed by atoms with van der Waals surface area (Å²) in [6, 6.07) is 1.80. The molecular weight excluding hydrogens is 443 g/mol. The summed E-state index contributed by atoms with van der Waals surface area (Å²) >= 11 is 14.7. The first-order valence-electron chi connectivity index (χ1n) is 10.2. The summed E-state index contributed by atoms with van der Waals surface area (Å²) in [7, 11) is 0. The molecule has 5 rings (SSSR count). The highest BCUT2D eigenvalue weighted by Gasteiger charge is 2.62. The second-order valence-corrected chi connectivity index (χ2v) is 9.70. The number of allylic oxidation sites excluding steroid dienone is 1. The molecule has 31 heavy (non-hydrogen) atoms. The van der Waals surface area contributed by atoms with E-state index in [1.807, 2.05) is 13.8 Å². The Bertz CT molecular complexity index is 1070. The first kappa shape index (κ1) is 21.2. The van der Waals surface area contributed by atoms with Crippen molar-refractivity contribution in [3.63, 3.8) is 0 Å². The number of rotatable bonds is 4. The zero-order valence-electron chi connectivity index (χ0n) is 17.1. The van der Waals surface area contributed by atoms with Crippen LogP contribution in [0.4, 0.5) is 5.82 Å². The standard InChI is InChI=1S/C21H24Cl2N4O4/c1-11(2)15(28)12-3-5-21(23,27-6-4-13-18(24)25-9-26-19(13)27)20(22,7-12)17-16-14(8-29-17)30-10-31-16/h3-7,9,11,14-17,28H,8,10H2,1-2H3,(H2,24,25,26)/t14-,15?,16-,17+,20?,21+/m1/s1. The number of anilines is 1. The molecule has 3 aliphatic rings. The third kappa shape index (κ3) is 3.04. The Morgan fingerprint density at radius 1 is 1.26 bits per heavy atom. The van der Waals surface area contributed by atoms with Gasteiger partial charge in [0.2, 0.25) is 0 Å². The van der Waals surface area contributed by atoms with Crippen molar-refractivity contribution in [2.24, 2.45) is 5.92 Å². The number of hydrogen-bond acceptors (Lipinski definition) is 7. The minimum absolute atomic E-state index is 0.0112. The van der Waals surface area contributed by atoms with Crippen LogP contribution < -0.4 is 5.73 Å². The molecule has 0 saturated carbocycles. The van der Waals surface area contributed by atoms with E-state index in [0.717, 1.165) is 0 Å². The summed E-state index contributed by atoms with van der Waals surface area (Å²) in [5, 5.41) is 11.4. The molecule has 4 heterocycles. The van der Waals surface area contributed by atoms with Crippen molar-refractivity contribution < 1.29 is 19.3 Å². The summed E-state index contributed by atoms with van der Waals surface area (Å²) in [5.74, 6) is 0.336. The second kappa shape index (κ2) is 7.43. The molecule has 0 spiro atoms. The van der Waals surface area contributed by atoms with Gasteiger partial charge in [0.15, 0.2) is 5.00 Å². The van der Waals surface area contributed by atoms with Crippen molar-refractivity contribution >= 4 is 40.1 Å². The molecule has 3 N–H and O–H groups in total. The van der Waals surface area contributed by atoms with Crippen LogP contribution in [-0.4, -0.2) is 62.3 Å². The maximum atomic E-state index is 10.8. The molecule has 6 atom stereocenters. The number of alkyl halides is 2. The van der Waals surface area contributed by atoms with Gasteiger partial charge in [-0.05, 0) is 23.6 Å². The van der Waals surface area contributed by atoms with Crippen molar-refractivity contribution in [1.82, 2.24) is 14.5 Å². The first-order valence-corrected chi connectivity index (χ1v) is 10.9. The molecule has 1 aliphatic carbocycles. The van der Waals surface area contributed by atoms with Gasteiger partial charge in [-0.1, -0.05) is 37.6 Å². The lowest BCUT2D eigenvalue weighted by atomic mass is 9.80. The van der Waals surface area contributed by atoms with Crippen LogP contribution in [0.1, 0.15) is 13.8 Å². The minimum atomic E-state index is -1.33. The number of ether oxygens (including phenoxy) is 3. The van der Waals surface area contributed by atoms with Crippen molar-refractivity contribution in [2.75, 3.05) is 19.1 Å². The predicted octanol–water partition coefficient (Wildman–Crippen LogP) is 2.54. The zero-order chi connectivity index (χ0) is 22.0. The summed E-state index contributed by atoms with van der Waals surface area (Å²) < 4.78 is 19.3. The number of aliphatic hydroxyl groups is 1. The highest BCUT2D eigenvalue weighted by atomic mass is 35.5. The van der Waals surface area contributed by atoms with Crippen LogP contribution in [0, 0.1) is 5.92 Å². The quantitative estimate of drug-likeness (QED) is 0.666. The van der Waals surface area contributed by atoms with Crippen LogP contribution in [0.2, 0.25) is 0 Å². The van der Waals surface area contributed by atoms with Crippen molar-refractivity contribution in [1.29, 1.82) is 0 Å². The molecule has 0 radical (unpaired) electrons. The molecule has 0 aromatic carbocycles. The molecule has 166 valence electrons. The molecule has 2 unspecified atom stereocenters. The Kier molecular flexibility index (Phi) is 5.08. The largest absolute Gasteiger partial charge is 0.388 e. The van der Waals surface area contributed by atoms with E-state index in [2.05, 4.69) is 9.97 Å². The van der Waals surface area contributed by atoms with Gasteiger partial charge in [0.05, 0.1) is 18.1 Å². The lowest BCUT2D eigenvalue weighted by Gasteiger charge is -2.46. The molecule has 2 saturated heterocycles. The highest BCUT2D eigenvalue weighted by molar-refractivity contribution is 6.36. The van der Waals surface area contributed by atoms with E-state index in [0.29, 0.717) is 29.0 Å². The Labute approximate surface area is 189 Å². The fourth-order valence-corrected chi connectivity index (χ4v) is 5.39. The lowest BCUT2D eigenvalue weighted by molar-refractivity contribution is -0.0554. The normalized spacial score (nSPS) is 36.2.